The van der Waals surface area contributed by atoms with E-state index in [1.807, 2.05) is 20.9 Å². The van der Waals surface area contributed by atoms with Crippen molar-refractivity contribution in [2.45, 2.75) is 26.3 Å². The molecule has 0 radical (unpaired) electrons. The summed E-state index contributed by atoms with van der Waals surface area (Å²) in [5, 5.41) is 6.45. The molecule has 1 aromatic carbocycles. The Morgan fingerprint density at radius 3 is 2.39 bits per heavy atom. The second-order valence-corrected chi connectivity index (χ2v) is 6.14. The highest BCUT2D eigenvalue weighted by Crippen LogP contribution is 2.13. The van der Waals surface area contributed by atoms with Crippen LogP contribution in [0.4, 0.5) is 0 Å². The number of nitrogens with zero attached hydrogens (tertiary/aromatic N) is 1. The van der Waals surface area contributed by atoms with E-state index >= 15 is 0 Å². The lowest BCUT2D eigenvalue weighted by molar-refractivity contribution is -0.133. The molecule has 2 atom stereocenters. The molecule has 6 heteroatoms. The van der Waals surface area contributed by atoms with Crippen LogP contribution in [0.2, 0.25) is 5.02 Å². The normalized spacial score (nSPS) is 13.3. The third kappa shape index (κ3) is 5.84. The number of nitrogens with one attached hydrogen (secondary N) is 2. The molecule has 0 heterocycles. The molecule has 128 valence electrons. The first-order chi connectivity index (χ1) is 10.9. The van der Waals surface area contributed by atoms with Gasteiger partial charge in [0, 0.05) is 30.7 Å². The van der Waals surface area contributed by atoms with E-state index in [0.29, 0.717) is 23.7 Å². The average molecular weight is 340 g/mol. The van der Waals surface area contributed by atoms with E-state index in [1.54, 1.807) is 36.2 Å². The number of likely N-dealkylation sites (N-methyl/N-ethyl adjacent to an activating group) is 2. The molecule has 0 bridgehead atoms. The predicted octanol–water partition coefficient (Wildman–Crippen LogP) is 2.16. The predicted molar refractivity (Wildman–Crippen MR) is 93.7 cm³/mol. The zero-order valence-electron chi connectivity index (χ0n) is 14.2. The minimum atomic E-state index is -0.537. The molecule has 0 aliphatic carbocycles. The summed E-state index contributed by atoms with van der Waals surface area (Å²) in [6.07, 6.45) is 0.803. The molecule has 0 aliphatic rings. The standard InChI is InChI=1S/C17H26ClN3O2/c1-5-12(2)15(17(23)21(4)11-10-19-3)20-16(22)13-6-8-14(18)9-7-13/h6-9,12,15,19H,5,10-11H2,1-4H3,(H,20,22). The number of benzene rings is 1. The van der Waals surface area contributed by atoms with Crippen molar-refractivity contribution < 1.29 is 9.59 Å². The summed E-state index contributed by atoms with van der Waals surface area (Å²) < 4.78 is 0. The Balaban J connectivity index is 2.83. The van der Waals surface area contributed by atoms with Crippen molar-refractivity contribution in [3.63, 3.8) is 0 Å². The summed E-state index contributed by atoms with van der Waals surface area (Å²) >= 11 is 5.84. The van der Waals surface area contributed by atoms with Gasteiger partial charge >= 0.3 is 0 Å². The number of hydrogen-bond acceptors (Lipinski definition) is 3. The molecule has 2 amide bonds. The molecular weight excluding hydrogens is 314 g/mol. The van der Waals surface area contributed by atoms with Crippen LogP contribution in [0.1, 0.15) is 30.6 Å². The molecule has 0 aromatic heterocycles. The SMILES string of the molecule is CCC(C)C(NC(=O)c1ccc(Cl)cc1)C(=O)N(C)CCNC. The van der Waals surface area contributed by atoms with E-state index in [2.05, 4.69) is 10.6 Å². The summed E-state index contributed by atoms with van der Waals surface area (Å²) in [5.41, 5.74) is 0.494. The van der Waals surface area contributed by atoms with E-state index in [1.165, 1.54) is 0 Å². The highest BCUT2D eigenvalue weighted by molar-refractivity contribution is 6.30. The largest absolute Gasteiger partial charge is 0.343 e. The van der Waals surface area contributed by atoms with E-state index in [4.69, 9.17) is 11.6 Å². The Morgan fingerprint density at radius 2 is 1.87 bits per heavy atom. The monoisotopic (exact) mass is 339 g/mol. The van der Waals surface area contributed by atoms with Crippen LogP contribution in [0.15, 0.2) is 24.3 Å². The van der Waals surface area contributed by atoms with Gasteiger partial charge in [0.25, 0.3) is 5.91 Å². The van der Waals surface area contributed by atoms with E-state index in [0.717, 1.165) is 6.42 Å². The molecule has 23 heavy (non-hydrogen) atoms. The molecule has 2 N–H and O–H groups in total. The quantitative estimate of drug-likeness (QED) is 0.763. The van der Waals surface area contributed by atoms with Crippen molar-refractivity contribution in [1.82, 2.24) is 15.5 Å². The first kappa shape index (κ1) is 19.5. The van der Waals surface area contributed by atoms with Gasteiger partial charge in [-0.15, -0.1) is 0 Å². The van der Waals surface area contributed by atoms with Crippen LogP contribution < -0.4 is 10.6 Å². The molecule has 2 unspecified atom stereocenters. The minimum Gasteiger partial charge on any atom is -0.343 e. The van der Waals surface area contributed by atoms with E-state index in [-0.39, 0.29) is 17.7 Å². The molecule has 0 aliphatic heterocycles. The Kier molecular flexibility index (Phi) is 8.06. The number of amides is 2. The Morgan fingerprint density at radius 1 is 1.26 bits per heavy atom. The summed E-state index contributed by atoms with van der Waals surface area (Å²) in [6.45, 7) is 5.28. The van der Waals surface area contributed by atoms with Crippen LogP contribution in [0.25, 0.3) is 0 Å². The molecule has 5 nitrogen and oxygen atoms in total. The molecular formula is C17H26ClN3O2. The maximum Gasteiger partial charge on any atom is 0.251 e. The average Bonchev–Trinajstić information content (AvgIpc) is 2.56. The highest BCUT2D eigenvalue weighted by Gasteiger charge is 2.28. The van der Waals surface area contributed by atoms with Crippen LogP contribution in [0.5, 0.6) is 0 Å². The molecule has 0 fully saturated rings. The third-order valence-corrected chi connectivity index (χ3v) is 4.20. The van der Waals surface area contributed by atoms with Crippen LogP contribution in [-0.2, 0) is 4.79 Å². The summed E-state index contributed by atoms with van der Waals surface area (Å²) in [4.78, 5) is 26.7. The number of carbonyl (C=O) groups is 2. The van der Waals surface area contributed by atoms with Crippen LogP contribution in [-0.4, -0.2) is 49.9 Å². The third-order valence-electron chi connectivity index (χ3n) is 3.95. The number of hydrogen-bond donors (Lipinski definition) is 2. The van der Waals surface area contributed by atoms with Crippen molar-refractivity contribution in [2.75, 3.05) is 27.2 Å². The van der Waals surface area contributed by atoms with Gasteiger partial charge in [0.05, 0.1) is 0 Å². The zero-order valence-corrected chi connectivity index (χ0v) is 15.0. The lowest BCUT2D eigenvalue weighted by Crippen LogP contribution is -2.51. The van der Waals surface area contributed by atoms with E-state index < -0.39 is 6.04 Å². The first-order valence-corrected chi connectivity index (χ1v) is 8.24. The number of rotatable bonds is 8. The van der Waals surface area contributed by atoms with E-state index in [9.17, 15) is 9.59 Å². The molecule has 0 saturated carbocycles. The van der Waals surface area contributed by atoms with Crippen molar-refractivity contribution in [3.8, 4) is 0 Å². The van der Waals surface area contributed by atoms with Gasteiger partial charge in [-0.05, 0) is 37.2 Å². The fourth-order valence-electron chi connectivity index (χ4n) is 2.14. The van der Waals surface area contributed by atoms with Gasteiger partial charge in [0.15, 0.2) is 0 Å². The van der Waals surface area contributed by atoms with Crippen molar-refractivity contribution in [1.29, 1.82) is 0 Å². The maximum atomic E-state index is 12.6. The van der Waals surface area contributed by atoms with Gasteiger partial charge in [-0.3, -0.25) is 9.59 Å². The van der Waals surface area contributed by atoms with Gasteiger partial charge in [-0.2, -0.15) is 0 Å². The first-order valence-electron chi connectivity index (χ1n) is 7.86. The van der Waals surface area contributed by atoms with Crippen LogP contribution in [0, 0.1) is 5.92 Å². The Bertz CT molecular complexity index is 519. The van der Waals surface area contributed by atoms with Crippen LogP contribution >= 0.6 is 11.6 Å². The second kappa shape index (κ2) is 9.53. The van der Waals surface area contributed by atoms with Crippen molar-refractivity contribution >= 4 is 23.4 Å². The fraction of sp³-hybridized carbons (Fsp3) is 0.529. The van der Waals surface area contributed by atoms with Crippen molar-refractivity contribution in [2.24, 2.45) is 5.92 Å². The molecule has 1 rings (SSSR count). The highest BCUT2D eigenvalue weighted by atomic mass is 35.5. The summed E-state index contributed by atoms with van der Waals surface area (Å²) in [7, 11) is 3.59. The summed E-state index contributed by atoms with van der Waals surface area (Å²) in [6, 6.07) is 6.09. The van der Waals surface area contributed by atoms with Gasteiger partial charge in [0.1, 0.15) is 6.04 Å². The zero-order chi connectivity index (χ0) is 17.4. The molecule has 0 spiro atoms. The van der Waals surface area contributed by atoms with Crippen molar-refractivity contribution in [3.05, 3.63) is 34.9 Å². The van der Waals surface area contributed by atoms with Gasteiger partial charge < -0.3 is 15.5 Å². The Labute approximate surface area is 143 Å². The van der Waals surface area contributed by atoms with Gasteiger partial charge in [0.2, 0.25) is 5.91 Å². The topological polar surface area (TPSA) is 61.4 Å². The second-order valence-electron chi connectivity index (χ2n) is 5.71. The number of carbonyl (C=O) groups excluding carboxylic acids is 2. The smallest absolute Gasteiger partial charge is 0.251 e. The van der Waals surface area contributed by atoms with Gasteiger partial charge in [-0.25, -0.2) is 0 Å². The molecule has 1 aromatic rings. The summed E-state index contributed by atoms with van der Waals surface area (Å²) in [5.74, 6) is -0.282. The minimum absolute atomic E-state index is 0.0517. The Hall–Kier alpha value is -1.59. The fourth-order valence-corrected chi connectivity index (χ4v) is 2.26. The maximum absolute atomic E-state index is 12.6. The lowest BCUT2D eigenvalue weighted by atomic mass is 9.97. The number of halogens is 1. The molecule has 0 saturated heterocycles. The lowest BCUT2D eigenvalue weighted by Gasteiger charge is -2.28. The van der Waals surface area contributed by atoms with Gasteiger partial charge in [-0.1, -0.05) is 31.9 Å². The van der Waals surface area contributed by atoms with Crippen LogP contribution in [0.3, 0.4) is 0 Å².